The lowest BCUT2D eigenvalue weighted by Crippen LogP contribution is -2.50. The van der Waals surface area contributed by atoms with E-state index in [-0.39, 0.29) is 32.1 Å². The normalized spacial score (nSPS) is 15.5. The number of methoxy groups -OCH3 is 1. The summed E-state index contributed by atoms with van der Waals surface area (Å²) < 4.78 is 58.9. The van der Waals surface area contributed by atoms with Crippen LogP contribution in [-0.2, 0) is 14.8 Å². The number of nitrogens with zero attached hydrogens (tertiary/aromatic N) is 2. The van der Waals surface area contributed by atoms with E-state index in [4.69, 9.17) is 4.74 Å². The molecule has 9 heteroatoms. The molecule has 0 N–H and O–H groups in total. The maximum absolute atomic E-state index is 13.9. The minimum Gasteiger partial charge on any atom is -0.496 e. The lowest BCUT2D eigenvalue weighted by Gasteiger charge is -2.33. The molecule has 1 aliphatic heterocycles. The van der Waals surface area contributed by atoms with Gasteiger partial charge in [-0.05, 0) is 43.3 Å². The Bertz CT molecular complexity index is 1080. The van der Waals surface area contributed by atoms with E-state index in [0.717, 1.165) is 27.6 Å². The molecule has 30 heavy (non-hydrogen) atoms. The van der Waals surface area contributed by atoms with E-state index in [1.165, 1.54) is 11.0 Å². The number of halogens is 2. The van der Waals surface area contributed by atoms with Gasteiger partial charge in [0.25, 0.3) is 0 Å². The molecular formula is C21H22F2N2O4S. The molecule has 2 aromatic carbocycles. The van der Waals surface area contributed by atoms with E-state index in [2.05, 4.69) is 0 Å². The van der Waals surface area contributed by atoms with Crippen molar-refractivity contribution in [3.8, 4) is 5.75 Å². The highest BCUT2D eigenvalue weighted by atomic mass is 32.2. The zero-order valence-electron chi connectivity index (χ0n) is 16.6. The molecular weight excluding hydrogens is 414 g/mol. The number of carbonyl (C=O) groups excluding carboxylic acids is 1. The summed E-state index contributed by atoms with van der Waals surface area (Å²) in [4.78, 5) is 13.3. The number of aryl methyl sites for hydroxylation is 1. The van der Waals surface area contributed by atoms with E-state index in [1.54, 1.807) is 13.2 Å². The minimum absolute atomic E-state index is 0.00830. The summed E-state index contributed by atoms with van der Waals surface area (Å²) in [7, 11) is -2.64. The van der Waals surface area contributed by atoms with Gasteiger partial charge in [0.1, 0.15) is 22.3 Å². The summed E-state index contributed by atoms with van der Waals surface area (Å²) in [5, 5.41) is 0. The van der Waals surface area contributed by atoms with Gasteiger partial charge >= 0.3 is 0 Å². The highest BCUT2D eigenvalue weighted by Crippen LogP contribution is 2.23. The van der Waals surface area contributed by atoms with Gasteiger partial charge in [-0.25, -0.2) is 17.2 Å². The molecule has 0 atom stereocenters. The number of rotatable bonds is 5. The molecule has 0 radical (unpaired) electrons. The third kappa shape index (κ3) is 4.68. The quantitative estimate of drug-likeness (QED) is 0.676. The molecule has 0 unspecified atom stereocenters. The van der Waals surface area contributed by atoms with Crippen LogP contribution in [0.5, 0.6) is 5.75 Å². The van der Waals surface area contributed by atoms with Crippen LogP contribution in [0.1, 0.15) is 11.1 Å². The highest BCUT2D eigenvalue weighted by Gasteiger charge is 2.31. The molecule has 6 nitrogen and oxygen atoms in total. The van der Waals surface area contributed by atoms with Gasteiger partial charge in [-0.3, -0.25) is 4.79 Å². The van der Waals surface area contributed by atoms with Crippen molar-refractivity contribution in [3.05, 3.63) is 65.2 Å². The Hall–Kier alpha value is -2.78. The molecule has 1 heterocycles. The van der Waals surface area contributed by atoms with Crippen LogP contribution in [0, 0.1) is 18.6 Å². The molecule has 0 spiro atoms. The zero-order valence-corrected chi connectivity index (χ0v) is 17.5. The fourth-order valence-corrected chi connectivity index (χ4v) is 4.71. The van der Waals surface area contributed by atoms with Gasteiger partial charge in [0.05, 0.1) is 7.11 Å². The number of sulfonamides is 1. The van der Waals surface area contributed by atoms with Crippen LogP contribution in [0.3, 0.4) is 0 Å². The number of carbonyl (C=O) groups is 1. The van der Waals surface area contributed by atoms with E-state index in [1.807, 2.05) is 25.1 Å². The van der Waals surface area contributed by atoms with Gasteiger partial charge in [0.15, 0.2) is 0 Å². The van der Waals surface area contributed by atoms with Gasteiger partial charge in [0, 0.05) is 37.8 Å². The first kappa shape index (κ1) is 21.9. The number of ether oxygens (including phenoxy) is 1. The Labute approximate surface area is 174 Å². The van der Waals surface area contributed by atoms with Crippen LogP contribution in [0.15, 0.2) is 47.4 Å². The molecule has 0 saturated carbocycles. The van der Waals surface area contributed by atoms with Gasteiger partial charge in [0.2, 0.25) is 15.9 Å². The lowest BCUT2D eigenvalue weighted by molar-refractivity contribution is -0.127. The molecule has 160 valence electrons. The van der Waals surface area contributed by atoms with Crippen LogP contribution >= 0.6 is 0 Å². The molecule has 1 saturated heterocycles. The molecule has 2 aromatic rings. The van der Waals surface area contributed by atoms with Crippen molar-refractivity contribution in [1.82, 2.24) is 9.21 Å². The van der Waals surface area contributed by atoms with Crippen molar-refractivity contribution < 1.29 is 26.7 Å². The monoisotopic (exact) mass is 436 g/mol. The van der Waals surface area contributed by atoms with Crippen molar-refractivity contribution in [2.75, 3.05) is 33.3 Å². The smallest absolute Gasteiger partial charge is 0.246 e. The second-order valence-corrected chi connectivity index (χ2v) is 8.79. The molecule has 3 rings (SSSR count). The molecule has 1 amide bonds. The number of hydrogen-bond acceptors (Lipinski definition) is 4. The first-order valence-corrected chi connectivity index (χ1v) is 10.7. The average Bonchev–Trinajstić information content (AvgIpc) is 2.73. The Morgan fingerprint density at radius 2 is 1.77 bits per heavy atom. The molecule has 0 aliphatic carbocycles. The van der Waals surface area contributed by atoms with Crippen molar-refractivity contribution in [3.63, 3.8) is 0 Å². The number of benzene rings is 2. The predicted molar refractivity (Wildman–Crippen MR) is 108 cm³/mol. The first-order chi connectivity index (χ1) is 14.2. The first-order valence-electron chi connectivity index (χ1n) is 9.29. The van der Waals surface area contributed by atoms with E-state index < -0.39 is 26.6 Å². The van der Waals surface area contributed by atoms with E-state index in [9.17, 15) is 22.0 Å². The van der Waals surface area contributed by atoms with Crippen LogP contribution in [0.2, 0.25) is 0 Å². The third-order valence-electron chi connectivity index (χ3n) is 4.85. The average molecular weight is 436 g/mol. The Morgan fingerprint density at radius 1 is 1.07 bits per heavy atom. The summed E-state index contributed by atoms with van der Waals surface area (Å²) in [6, 6.07) is 7.92. The molecule has 1 fully saturated rings. The largest absolute Gasteiger partial charge is 0.496 e. The standard InChI is InChI=1S/C21H22F2N2O4S/c1-15-3-7-19(29-2)16(13-15)4-8-21(26)24-9-11-25(12-10-24)30(27,28)20-14-17(22)5-6-18(20)23/h3-8,13-14H,9-12H2,1-2H3/b8-4+. The lowest BCUT2D eigenvalue weighted by atomic mass is 10.1. The zero-order chi connectivity index (χ0) is 21.9. The van der Waals surface area contributed by atoms with Crippen molar-refractivity contribution in [1.29, 1.82) is 0 Å². The number of piperazine rings is 1. The number of hydrogen-bond donors (Lipinski definition) is 0. The van der Waals surface area contributed by atoms with Gasteiger partial charge in [-0.1, -0.05) is 11.6 Å². The maximum atomic E-state index is 13.9. The molecule has 0 bridgehead atoms. The van der Waals surface area contributed by atoms with E-state index >= 15 is 0 Å². The third-order valence-corrected chi connectivity index (χ3v) is 6.77. The van der Waals surface area contributed by atoms with Crippen LogP contribution in [0.4, 0.5) is 8.78 Å². The topological polar surface area (TPSA) is 66.9 Å². The maximum Gasteiger partial charge on any atom is 0.246 e. The second-order valence-electron chi connectivity index (χ2n) is 6.88. The summed E-state index contributed by atoms with van der Waals surface area (Å²) in [6.07, 6.45) is 3.06. The summed E-state index contributed by atoms with van der Waals surface area (Å²) in [6.45, 7) is 2.20. The van der Waals surface area contributed by atoms with E-state index in [0.29, 0.717) is 11.8 Å². The van der Waals surface area contributed by atoms with Gasteiger partial charge < -0.3 is 9.64 Å². The van der Waals surface area contributed by atoms with Gasteiger partial charge in [-0.2, -0.15) is 4.31 Å². The Kier molecular flexibility index (Phi) is 6.52. The fourth-order valence-electron chi connectivity index (χ4n) is 3.21. The van der Waals surface area contributed by atoms with Crippen LogP contribution < -0.4 is 4.74 Å². The molecule has 0 aromatic heterocycles. The minimum atomic E-state index is -4.19. The van der Waals surface area contributed by atoms with Gasteiger partial charge in [-0.15, -0.1) is 0 Å². The highest BCUT2D eigenvalue weighted by molar-refractivity contribution is 7.89. The predicted octanol–water partition coefficient (Wildman–Crippen LogP) is 2.83. The Morgan fingerprint density at radius 3 is 2.43 bits per heavy atom. The summed E-state index contributed by atoms with van der Waals surface area (Å²) >= 11 is 0. The summed E-state index contributed by atoms with van der Waals surface area (Å²) in [5.41, 5.74) is 1.78. The van der Waals surface area contributed by atoms with Crippen molar-refractivity contribution >= 4 is 22.0 Å². The SMILES string of the molecule is COc1ccc(C)cc1/C=C/C(=O)N1CCN(S(=O)(=O)c2cc(F)ccc2F)CC1. The van der Waals surface area contributed by atoms with Crippen molar-refractivity contribution in [2.24, 2.45) is 0 Å². The number of amides is 1. The Balaban J connectivity index is 1.67. The van der Waals surface area contributed by atoms with Crippen LogP contribution in [0.25, 0.3) is 6.08 Å². The second kappa shape index (κ2) is 8.93. The van der Waals surface area contributed by atoms with Crippen LogP contribution in [-0.4, -0.2) is 56.8 Å². The van der Waals surface area contributed by atoms with Crippen molar-refractivity contribution in [2.45, 2.75) is 11.8 Å². The summed E-state index contributed by atoms with van der Waals surface area (Å²) in [5.74, 6) is -1.48. The fraction of sp³-hybridized carbons (Fsp3) is 0.286. The molecule has 1 aliphatic rings.